The third-order valence-electron chi connectivity index (χ3n) is 3.68. The smallest absolute Gasteiger partial charge is 0.0258 e. The van der Waals surface area contributed by atoms with E-state index in [1.165, 1.54) is 62.5 Å². The van der Waals surface area contributed by atoms with E-state index in [0.29, 0.717) is 5.88 Å². The van der Waals surface area contributed by atoms with E-state index < -0.39 is 0 Å². The van der Waals surface area contributed by atoms with Crippen molar-refractivity contribution in [3.63, 3.8) is 0 Å². The van der Waals surface area contributed by atoms with E-state index >= 15 is 0 Å². The van der Waals surface area contributed by atoms with Gasteiger partial charge in [0.05, 0.1) is 0 Å². The summed E-state index contributed by atoms with van der Waals surface area (Å²) in [6, 6.07) is 8.74. The van der Waals surface area contributed by atoms with Crippen LogP contribution in [0.15, 0.2) is 30.3 Å². The van der Waals surface area contributed by atoms with Crippen molar-refractivity contribution in [2.24, 2.45) is 0 Å². The maximum absolute atomic E-state index is 5.71. The highest BCUT2D eigenvalue weighted by Gasteiger charge is 1.99. The largest absolute Gasteiger partial charge is 0.126 e. The topological polar surface area (TPSA) is 0 Å². The van der Waals surface area contributed by atoms with Gasteiger partial charge in [0.1, 0.15) is 0 Å². The van der Waals surface area contributed by atoms with E-state index in [-0.39, 0.29) is 0 Å². The number of alkyl halides is 1. The summed E-state index contributed by atoms with van der Waals surface area (Å²) in [5, 5.41) is 0. The van der Waals surface area contributed by atoms with Crippen molar-refractivity contribution in [3.05, 3.63) is 41.5 Å². The van der Waals surface area contributed by atoms with E-state index in [1.807, 2.05) is 0 Å². The first-order chi connectivity index (χ1) is 9.88. The summed E-state index contributed by atoms with van der Waals surface area (Å²) in [5.41, 5.74) is 2.84. The Labute approximate surface area is 130 Å². The van der Waals surface area contributed by atoms with Crippen LogP contribution in [0.4, 0.5) is 0 Å². The number of halogens is 1. The molecule has 0 amide bonds. The van der Waals surface area contributed by atoms with Gasteiger partial charge < -0.3 is 0 Å². The van der Waals surface area contributed by atoms with Crippen LogP contribution in [0.5, 0.6) is 0 Å². The van der Waals surface area contributed by atoms with Crippen LogP contribution in [0.2, 0.25) is 0 Å². The molecule has 0 unspecified atom stereocenters. The van der Waals surface area contributed by atoms with E-state index in [4.69, 9.17) is 11.6 Å². The second-order valence-corrected chi connectivity index (χ2v) is 5.83. The second kappa shape index (κ2) is 12.0. The van der Waals surface area contributed by atoms with Gasteiger partial charge in [0.25, 0.3) is 0 Å². The lowest BCUT2D eigenvalue weighted by Gasteiger charge is -2.06. The molecule has 0 bridgehead atoms. The van der Waals surface area contributed by atoms with Crippen LogP contribution in [0, 0.1) is 0 Å². The molecule has 1 aromatic carbocycles. The zero-order valence-corrected chi connectivity index (χ0v) is 13.7. The van der Waals surface area contributed by atoms with E-state index in [0.717, 1.165) is 6.42 Å². The molecule has 0 fully saturated rings. The Kier molecular flexibility index (Phi) is 10.4. The molecule has 0 radical (unpaired) electrons. The molecule has 112 valence electrons. The van der Waals surface area contributed by atoms with Crippen LogP contribution >= 0.6 is 11.6 Å². The molecule has 0 aliphatic heterocycles. The zero-order valence-electron chi connectivity index (χ0n) is 12.9. The Morgan fingerprint density at radius 2 is 1.65 bits per heavy atom. The summed E-state index contributed by atoms with van der Waals surface area (Å²) < 4.78 is 0. The highest BCUT2D eigenvalue weighted by molar-refractivity contribution is 6.17. The minimum Gasteiger partial charge on any atom is -0.126 e. The minimum atomic E-state index is 0.705. The molecule has 0 saturated heterocycles. The number of rotatable bonds is 11. The van der Waals surface area contributed by atoms with Crippen LogP contribution in [-0.4, -0.2) is 5.88 Å². The van der Waals surface area contributed by atoms with Gasteiger partial charge in [-0.05, 0) is 30.4 Å². The van der Waals surface area contributed by atoms with Gasteiger partial charge in [-0.3, -0.25) is 0 Å². The molecule has 0 saturated carbocycles. The summed E-state index contributed by atoms with van der Waals surface area (Å²) in [7, 11) is 0. The van der Waals surface area contributed by atoms with Crippen molar-refractivity contribution >= 4 is 17.7 Å². The standard InChI is InChI=1S/C19H29Cl/c1-2-3-4-5-6-7-8-13-18-14-9-10-15-19(18)16-11-12-17-20/h9-11,14-16H,2-8,12-13,17H2,1H3. The number of unbranched alkanes of at least 4 members (excludes halogenated alkanes) is 6. The van der Waals surface area contributed by atoms with E-state index in [2.05, 4.69) is 43.3 Å². The molecule has 1 rings (SSSR count). The molecule has 0 atom stereocenters. The van der Waals surface area contributed by atoms with Gasteiger partial charge in [-0.15, -0.1) is 11.6 Å². The van der Waals surface area contributed by atoms with Crippen LogP contribution in [0.1, 0.15) is 69.4 Å². The van der Waals surface area contributed by atoms with Gasteiger partial charge in [0, 0.05) is 5.88 Å². The molecule has 0 heterocycles. The van der Waals surface area contributed by atoms with E-state index in [9.17, 15) is 0 Å². The lowest BCUT2D eigenvalue weighted by Crippen LogP contribution is -1.90. The third-order valence-corrected chi connectivity index (χ3v) is 3.90. The Morgan fingerprint density at radius 1 is 0.950 bits per heavy atom. The Hall–Kier alpha value is -0.750. The van der Waals surface area contributed by atoms with Gasteiger partial charge in [0.2, 0.25) is 0 Å². The first-order valence-electron chi connectivity index (χ1n) is 8.19. The molecular formula is C19H29Cl. The first-order valence-corrected chi connectivity index (χ1v) is 8.72. The highest BCUT2D eigenvalue weighted by Crippen LogP contribution is 2.16. The third kappa shape index (κ3) is 7.75. The van der Waals surface area contributed by atoms with E-state index in [1.54, 1.807) is 0 Å². The average molecular weight is 293 g/mol. The number of hydrogen-bond donors (Lipinski definition) is 0. The summed E-state index contributed by atoms with van der Waals surface area (Å²) >= 11 is 5.71. The molecule has 0 aliphatic rings. The number of benzene rings is 1. The lowest BCUT2D eigenvalue weighted by atomic mass is 10.00. The normalized spacial score (nSPS) is 11.3. The molecule has 20 heavy (non-hydrogen) atoms. The highest BCUT2D eigenvalue weighted by atomic mass is 35.5. The minimum absolute atomic E-state index is 0.705. The second-order valence-electron chi connectivity index (χ2n) is 5.45. The molecule has 1 aromatic rings. The van der Waals surface area contributed by atoms with Crippen molar-refractivity contribution in [2.75, 3.05) is 5.88 Å². The average Bonchev–Trinajstić information content (AvgIpc) is 2.48. The lowest BCUT2D eigenvalue weighted by molar-refractivity contribution is 0.589. The zero-order chi connectivity index (χ0) is 14.5. The maximum Gasteiger partial charge on any atom is 0.0258 e. The van der Waals surface area contributed by atoms with Crippen molar-refractivity contribution in [1.29, 1.82) is 0 Å². The number of allylic oxidation sites excluding steroid dienone is 1. The summed E-state index contributed by atoms with van der Waals surface area (Å²) in [4.78, 5) is 0. The van der Waals surface area contributed by atoms with Crippen molar-refractivity contribution in [3.8, 4) is 0 Å². The SMILES string of the molecule is CCCCCCCCCc1ccccc1C=CCCCl. The summed E-state index contributed by atoms with van der Waals surface area (Å²) in [6.07, 6.45) is 16.2. The molecule has 1 heteroatoms. The Balaban J connectivity index is 2.28. The molecule has 0 aliphatic carbocycles. The van der Waals surface area contributed by atoms with Crippen LogP contribution in [0.25, 0.3) is 6.08 Å². The predicted molar refractivity (Wildman–Crippen MR) is 92.5 cm³/mol. The summed E-state index contributed by atoms with van der Waals surface area (Å²) in [5.74, 6) is 0.705. The Morgan fingerprint density at radius 3 is 2.40 bits per heavy atom. The Bertz CT molecular complexity index is 368. The van der Waals surface area contributed by atoms with Gasteiger partial charge in [-0.25, -0.2) is 0 Å². The molecular weight excluding hydrogens is 264 g/mol. The predicted octanol–water partition coefficient (Wildman–Crippen LogP) is 6.62. The van der Waals surface area contributed by atoms with Crippen molar-refractivity contribution < 1.29 is 0 Å². The first kappa shape index (κ1) is 17.3. The quantitative estimate of drug-likeness (QED) is 0.317. The molecule has 0 nitrogen and oxygen atoms in total. The number of hydrogen-bond acceptors (Lipinski definition) is 0. The maximum atomic E-state index is 5.71. The van der Waals surface area contributed by atoms with Gasteiger partial charge >= 0.3 is 0 Å². The number of aryl methyl sites for hydroxylation is 1. The van der Waals surface area contributed by atoms with Crippen molar-refractivity contribution in [2.45, 2.75) is 64.7 Å². The van der Waals surface area contributed by atoms with Gasteiger partial charge in [-0.1, -0.05) is 81.9 Å². The molecule has 0 aromatic heterocycles. The van der Waals surface area contributed by atoms with Crippen LogP contribution in [0.3, 0.4) is 0 Å². The fourth-order valence-electron chi connectivity index (χ4n) is 2.47. The van der Waals surface area contributed by atoms with Gasteiger partial charge in [-0.2, -0.15) is 0 Å². The van der Waals surface area contributed by atoms with Crippen molar-refractivity contribution in [1.82, 2.24) is 0 Å². The molecule has 0 spiro atoms. The van der Waals surface area contributed by atoms with Gasteiger partial charge in [0.15, 0.2) is 0 Å². The van der Waals surface area contributed by atoms with Crippen LogP contribution < -0.4 is 0 Å². The fourth-order valence-corrected chi connectivity index (χ4v) is 2.60. The monoisotopic (exact) mass is 292 g/mol. The fraction of sp³-hybridized carbons (Fsp3) is 0.579. The summed E-state index contributed by atoms with van der Waals surface area (Å²) in [6.45, 7) is 2.27. The van der Waals surface area contributed by atoms with Crippen LogP contribution in [-0.2, 0) is 6.42 Å². The molecule has 0 N–H and O–H groups in total.